The maximum Gasteiger partial charge on any atom is 0.268 e. The number of hydrogen-bond acceptors (Lipinski definition) is 7. The molecule has 33 heavy (non-hydrogen) atoms. The number of nitrogens with two attached hydrogens (primary N) is 1. The average molecular weight is 446 g/mol. The number of hydrogen-bond donors (Lipinski definition) is 3. The van der Waals surface area contributed by atoms with Crippen molar-refractivity contribution in [2.75, 3.05) is 18.0 Å². The number of nitrogens with zero attached hydrogens (tertiary/aromatic N) is 5. The van der Waals surface area contributed by atoms with Gasteiger partial charge in [0.2, 0.25) is 0 Å². The number of aromatic nitrogens is 4. The van der Waals surface area contributed by atoms with Gasteiger partial charge >= 0.3 is 0 Å². The Bertz CT molecular complexity index is 1400. The maximum atomic E-state index is 12.4. The smallest absolute Gasteiger partial charge is 0.268 e. The number of rotatable bonds is 3. The van der Waals surface area contributed by atoms with Gasteiger partial charge in [-0.2, -0.15) is 5.10 Å². The largest absolute Gasteiger partial charge is 0.507 e. The Morgan fingerprint density at radius 1 is 1.18 bits per heavy atom. The molecule has 3 heterocycles. The van der Waals surface area contributed by atoms with Gasteiger partial charge in [0.15, 0.2) is 5.82 Å². The van der Waals surface area contributed by atoms with E-state index < -0.39 is 5.91 Å². The maximum absolute atomic E-state index is 12.4. The van der Waals surface area contributed by atoms with Crippen molar-refractivity contribution in [3.63, 3.8) is 0 Å². The first-order valence-corrected chi connectivity index (χ1v) is 11.0. The Morgan fingerprint density at radius 3 is 2.61 bits per heavy atom. The zero-order chi connectivity index (χ0) is 23.4. The second kappa shape index (κ2) is 7.70. The number of benzene rings is 2. The van der Waals surface area contributed by atoms with Crippen LogP contribution in [0.2, 0.25) is 0 Å². The number of nitrogens with one attached hydrogen (secondary N) is 1. The average Bonchev–Trinajstić information content (AvgIpc) is 3.15. The van der Waals surface area contributed by atoms with Crippen LogP contribution in [0, 0.1) is 6.92 Å². The van der Waals surface area contributed by atoms with E-state index in [1.165, 1.54) is 0 Å². The molecule has 2 aromatic carbocycles. The van der Waals surface area contributed by atoms with Crippen molar-refractivity contribution in [3.8, 4) is 17.1 Å². The number of carbonyl (C=O) groups excluding carboxylic acids is 1. The summed E-state index contributed by atoms with van der Waals surface area (Å²) in [4.78, 5) is 23.9. The van der Waals surface area contributed by atoms with E-state index in [1.807, 2.05) is 31.4 Å². The first-order valence-electron chi connectivity index (χ1n) is 11.0. The third-order valence-electron chi connectivity index (χ3n) is 6.20. The molecule has 1 aliphatic heterocycles. The lowest BCUT2D eigenvalue weighted by Gasteiger charge is -2.37. The van der Waals surface area contributed by atoms with Crippen molar-refractivity contribution < 1.29 is 9.90 Å². The molecular formula is C24H27N7O2. The quantitative estimate of drug-likeness (QED) is 0.443. The fourth-order valence-corrected chi connectivity index (χ4v) is 4.77. The minimum Gasteiger partial charge on any atom is -0.507 e. The van der Waals surface area contributed by atoms with E-state index in [0.717, 1.165) is 24.2 Å². The van der Waals surface area contributed by atoms with E-state index in [-0.39, 0.29) is 17.3 Å². The van der Waals surface area contributed by atoms with Gasteiger partial charge in [0.1, 0.15) is 11.4 Å². The van der Waals surface area contributed by atoms with Crippen LogP contribution in [0.25, 0.3) is 33.2 Å². The van der Waals surface area contributed by atoms with Crippen molar-refractivity contribution in [2.45, 2.75) is 32.9 Å². The van der Waals surface area contributed by atoms with Gasteiger partial charge in [0.25, 0.3) is 5.91 Å². The Hall–Kier alpha value is -3.72. The second-order valence-electron chi connectivity index (χ2n) is 8.97. The Labute approximate surface area is 191 Å². The summed E-state index contributed by atoms with van der Waals surface area (Å²) in [7, 11) is 1.82. The molecule has 0 bridgehead atoms. The molecule has 9 heteroatoms. The van der Waals surface area contributed by atoms with Crippen LogP contribution < -0.4 is 16.0 Å². The zero-order valence-electron chi connectivity index (χ0n) is 19.1. The summed E-state index contributed by atoms with van der Waals surface area (Å²) < 4.78 is 1.69. The van der Waals surface area contributed by atoms with Crippen molar-refractivity contribution in [1.82, 2.24) is 25.1 Å². The molecule has 9 nitrogen and oxygen atoms in total. The molecule has 2 unspecified atom stereocenters. The highest BCUT2D eigenvalue weighted by Crippen LogP contribution is 2.36. The van der Waals surface area contributed by atoms with Crippen LogP contribution in [0.15, 0.2) is 30.5 Å². The van der Waals surface area contributed by atoms with Crippen LogP contribution in [-0.2, 0) is 7.05 Å². The summed E-state index contributed by atoms with van der Waals surface area (Å²) in [6.45, 7) is 7.83. The number of aromatic hydroxyl groups is 1. The molecule has 1 saturated heterocycles. The van der Waals surface area contributed by atoms with Gasteiger partial charge in [-0.25, -0.2) is 9.97 Å². The zero-order valence-corrected chi connectivity index (χ0v) is 19.1. The molecule has 0 radical (unpaired) electrons. The predicted molar refractivity (Wildman–Crippen MR) is 128 cm³/mol. The Kier molecular flexibility index (Phi) is 4.93. The molecule has 0 saturated carbocycles. The molecule has 5 rings (SSSR count). The van der Waals surface area contributed by atoms with Crippen LogP contribution in [0.4, 0.5) is 5.69 Å². The summed E-state index contributed by atoms with van der Waals surface area (Å²) in [6, 6.07) is 8.31. The van der Waals surface area contributed by atoms with Gasteiger partial charge in [-0.05, 0) is 45.0 Å². The number of aryl methyl sites for hydroxylation is 2. The Balaban J connectivity index is 1.66. The highest BCUT2D eigenvalue weighted by Gasteiger charge is 2.23. The fourth-order valence-electron chi connectivity index (χ4n) is 4.77. The van der Waals surface area contributed by atoms with Crippen molar-refractivity contribution >= 4 is 33.4 Å². The van der Waals surface area contributed by atoms with Gasteiger partial charge in [-0.1, -0.05) is 0 Å². The lowest BCUT2D eigenvalue weighted by atomic mass is 10.0. The van der Waals surface area contributed by atoms with E-state index in [0.29, 0.717) is 39.6 Å². The highest BCUT2D eigenvalue weighted by atomic mass is 16.3. The number of amides is 1. The predicted octanol–water partition coefficient (Wildman–Crippen LogP) is 2.48. The van der Waals surface area contributed by atoms with E-state index in [2.05, 4.69) is 39.1 Å². The van der Waals surface area contributed by atoms with Crippen LogP contribution in [0.5, 0.6) is 5.75 Å². The van der Waals surface area contributed by atoms with Crippen LogP contribution in [-0.4, -0.2) is 55.9 Å². The number of phenols is 1. The minimum atomic E-state index is -0.637. The standard InChI is InChI=1S/C24H27N7O2/c1-12-9-31(10-13(2)26-12)16-5-6-19-17(8-16)21(23(25)33)28-24(27-19)18-7-15-11-30(4)29-20(15)14(3)22(18)32/h5-8,11-13,26,32H,9-10H2,1-4H3,(H2,25,33). The number of phenolic OH excluding ortho intramolecular Hbond substituents is 1. The normalized spacial score (nSPS) is 18.8. The van der Waals surface area contributed by atoms with E-state index in [4.69, 9.17) is 5.73 Å². The van der Waals surface area contributed by atoms with E-state index in [1.54, 1.807) is 17.7 Å². The number of anilines is 1. The summed E-state index contributed by atoms with van der Waals surface area (Å²) in [5.74, 6) is -0.349. The molecule has 1 amide bonds. The topological polar surface area (TPSA) is 122 Å². The van der Waals surface area contributed by atoms with Crippen LogP contribution in [0.3, 0.4) is 0 Å². The first kappa shape index (κ1) is 21.1. The van der Waals surface area contributed by atoms with Gasteiger partial charge in [0.05, 0.1) is 16.6 Å². The molecular weight excluding hydrogens is 418 g/mol. The van der Waals surface area contributed by atoms with Gasteiger partial charge < -0.3 is 21.1 Å². The van der Waals surface area contributed by atoms with Crippen molar-refractivity contribution in [3.05, 3.63) is 41.7 Å². The summed E-state index contributed by atoms with van der Waals surface area (Å²) in [6.07, 6.45) is 1.86. The van der Waals surface area contributed by atoms with Crippen LogP contribution >= 0.6 is 0 Å². The molecule has 0 aliphatic carbocycles. The third-order valence-corrected chi connectivity index (χ3v) is 6.20. The van der Waals surface area contributed by atoms with Crippen molar-refractivity contribution in [2.24, 2.45) is 12.8 Å². The molecule has 4 aromatic rings. The molecule has 2 aromatic heterocycles. The van der Waals surface area contributed by atoms with Crippen molar-refractivity contribution in [1.29, 1.82) is 0 Å². The lowest BCUT2D eigenvalue weighted by molar-refractivity contribution is 0.0997. The van der Waals surface area contributed by atoms with E-state index >= 15 is 0 Å². The fraction of sp³-hybridized carbons (Fsp3) is 0.333. The molecule has 4 N–H and O–H groups in total. The molecule has 170 valence electrons. The summed E-state index contributed by atoms with van der Waals surface area (Å²) in [5.41, 5.74) is 9.23. The lowest BCUT2D eigenvalue weighted by Crippen LogP contribution is -2.54. The second-order valence-corrected chi connectivity index (χ2v) is 8.97. The molecule has 2 atom stereocenters. The highest BCUT2D eigenvalue weighted by molar-refractivity contribution is 6.05. The Morgan fingerprint density at radius 2 is 1.91 bits per heavy atom. The number of carbonyl (C=O) groups is 1. The summed E-state index contributed by atoms with van der Waals surface area (Å²) >= 11 is 0. The monoisotopic (exact) mass is 445 g/mol. The molecule has 0 spiro atoms. The number of primary amides is 1. The third kappa shape index (κ3) is 3.64. The summed E-state index contributed by atoms with van der Waals surface area (Å²) in [5, 5.41) is 20.2. The van der Waals surface area contributed by atoms with Crippen LogP contribution in [0.1, 0.15) is 29.9 Å². The number of piperazine rings is 1. The van der Waals surface area contributed by atoms with E-state index in [9.17, 15) is 9.90 Å². The van der Waals surface area contributed by atoms with Gasteiger partial charge in [-0.3, -0.25) is 9.48 Å². The van der Waals surface area contributed by atoms with Gasteiger partial charge in [-0.15, -0.1) is 0 Å². The first-order chi connectivity index (χ1) is 15.7. The van der Waals surface area contributed by atoms with Gasteiger partial charge in [0, 0.05) is 60.4 Å². The molecule has 1 fully saturated rings. The molecule has 1 aliphatic rings. The minimum absolute atomic E-state index is 0.0383. The SMILES string of the molecule is Cc1c(O)c(-c2nc(C(N)=O)c3cc(N4CC(C)NC(C)C4)ccc3n2)cc2cn(C)nc12. The number of fused-ring (bicyclic) bond motifs is 2.